The zero-order valence-corrected chi connectivity index (χ0v) is 34.9. The summed E-state index contributed by atoms with van der Waals surface area (Å²) in [5.74, 6) is 0. The zero-order chi connectivity index (χ0) is 42.3. The van der Waals surface area contributed by atoms with E-state index < -0.39 is 0 Å². The molecule has 300 valence electrons. The van der Waals surface area contributed by atoms with Gasteiger partial charge < -0.3 is 13.5 Å². The predicted molar refractivity (Wildman–Crippen MR) is 271 cm³/mol. The van der Waals surface area contributed by atoms with E-state index in [1.807, 2.05) is 12.1 Å². The molecule has 0 fully saturated rings. The van der Waals surface area contributed by atoms with Crippen LogP contribution in [0.1, 0.15) is 0 Å². The van der Waals surface area contributed by atoms with Gasteiger partial charge in [0.25, 0.3) is 0 Å². The summed E-state index contributed by atoms with van der Waals surface area (Å²) in [6.45, 7) is 0. The molecule has 0 amide bonds. The van der Waals surface area contributed by atoms with Gasteiger partial charge in [0.2, 0.25) is 0 Å². The van der Waals surface area contributed by atoms with Crippen molar-refractivity contribution in [3.63, 3.8) is 0 Å². The Morgan fingerprint density at radius 3 is 1.58 bits per heavy atom. The second-order valence-electron chi connectivity index (χ2n) is 17.3. The maximum Gasteiger partial charge on any atom is 0.0973 e. The average Bonchev–Trinajstić information content (AvgIpc) is 4.09. The summed E-state index contributed by atoms with van der Waals surface area (Å²) >= 11 is 0. The lowest BCUT2D eigenvalue weighted by Crippen LogP contribution is -1.97. The van der Waals surface area contributed by atoms with E-state index in [0.29, 0.717) is 0 Å². The normalized spacial score (nSPS) is 12.3. The smallest absolute Gasteiger partial charge is 0.0973 e. The highest BCUT2D eigenvalue weighted by molar-refractivity contribution is 6.36. The average molecular weight is 826 g/mol. The Balaban J connectivity index is 0.970. The molecule has 5 heteroatoms. The van der Waals surface area contributed by atoms with Crippen LogP contribution < -0.4 is 0 Å². The lowest BCUT2D eigenvalue weighted by molar-refractivity contribution is 1.18. The first-order valence-corrected chi connectivity index (χ1v) is 22.2. The van der Waals surface area contributed by atoms with Gasteiger partial charge in [-0.15, -0.1) is 0 Å². The Hall–Kier alpha value is -8.80. The number of hydrogen-bond acceptors (Lipinski definition) is 2. The molecule has 65 heavy (non-hydrogen) atoms. The van der Waals surface area contributed by atoms with E-state index in [0.717, 1.165) is 50.4 Å². The number of fused-ring (bicyclic) bond motifs is 15. The summed E-state index contributed by atoms with van der Waals surface area (Å²) < 4.78 is 7.31. The molecule has 0 bridgehead atoms. The van der Waals surface area contributed by atoms with E-state index in [2.05, 4.69) is 214 Å². The van der Waals surface area contributed by atoms with Crippen LogP contribution in [-0.2, 0) is 0 Å². The van der Waals surface area contributed by atoms with Gasteiger partial charge in [-0.2, -0.15) is 0 Å². The monoisotopic (exact) mass is 825 g/mol. The van der Waals surface area contributed by atoms with Gasteiger partial charge in [-0.3, -0.25) is 0 Å². The fourth-order valence-corrected chi connectivity index (χ4v) is 11.1. The second kappa shape index (κ2) is 12.9. The van der Waals surface area contributed by atoms with Crippen LogP contribution in [0.5, 0.6) is 0 Å². The van der Waals surface area contributed by atoms with Crippen molar-refractivity contribution in [2.45, 2.75) is 0 Å². The molecule has 0 aliphatic heterocycles. The minimum absolute atomic E-state index is 0.855. The second-order valence-corrected chi connectivity index (χ2v) is 17.3. The molecule has 15 rings (SSSR count). The first-order valence-electron chi connectivity index (χ1n) is 22.2. The number of hydrogen-bond donors (Lipinski definition) is 0. The fraction of sp³-hybridized carbons (Fsp3) is 0. The molecule has 0 atom stereocenters. The van der Waals surface area contributed by atoms with Crippen molar-refractivity contribution in [3.05, 3.63) is 212 Å². The van der Waals surface area contributed by atoms with Crippen molar-refractivity contribution < 1.29 is 0 Å². The largest absolute Gasteiger partial charge is 0.309 e. The minimum atomic E-state index is 0.855. The molecule has 5 nitrogen and oxygen atoms in total. The van der Waals surface area contributed by atoms with Crippen LogP contribution in [0.3, 0.4) is 0 Å². The maximum atomic E-state index is 5.37. The summed E-state index contributed by atoms with van der Waals surface area (Å²) in [5.41, 5.74) is 16.2. The number of aromatic nitrogens is 5. The van der Waals surface area contributed by atoms with Gasteiger partial charge in [0.15, 0.2) is 0 Å². The van der Waals surface area contributed by atoms with Crippen molar-refractivity contribution in [1.29, 1.82) is 0 Å². The molecule has 0 N–H and O–H groups in total. The summed E-state index contributed by atoms with van der Waals surface area (Å²) in [6, 6.07) is 76.9. The van der Waals surface area contributed by atoms with E-state index in [1.54, 1.807) is 0 Å². The van der Waals surface area contributed by atoms with E-state index in [-0.39, 0.29) is 0 Å². The Morgan fingerprint density at radius 1 is 0.292 bits per heavy atom. The maximum absolute atomic E-state index is 5.37. The standard InChI is InChI=1S/C60H35N5/c1-2-16-40(17-3-1)63-50-23-11-6-18-42(50)45-33-39(28-31-53(45)63)59-58(61-48-21-9-10-22-49(48)62-59)36-26-29-41(30-27-36)64-54-34-38-15-5-4-14-37(38)32-47(54)56-55(64)35-46-43-19-7-12-24-51(43)65-52-25-13-8-20-44(52)57(56)60(46)65/h1-35H. The van der Waals surface area contributed by atoms with Crippen molar-refractivity contribution in [2.24, 2.45) is 0 Å². The fourth-order valence-electron chi connectivity index (χ4n) is 11.1. The van der Waals surface area contributed by atoms with Crippen molar-refractivity contribution in [1.82, 2.24) is 23.5 Å². The highest BCUT2D eigenvalue weighted by atomic mass is 15.0. The third-order valence-corrected chi connectivity index (χ3v) is 13.9. The third-order valence-electron chi connectivity index (χ3n) is 13.9. The molecule has 10 aromatic carbocycles. The lowest BCUT2D eigenvalue weighted by atomic mass is 10.0. The summed E-state index contributed by atoms with van der Waals surface area (Å²) in [6.07, 6.45) is 0. The van der Waals surface area contributed by atoms with Crippen LogP contribution in [0, 0.1) is 0 Å². The SMILES string of the molecule is c1ccc(-n2c3ccccc3c3cc(-c4nc5ccccc5nc4-c4ccc(-n5c6cc7ccccc7cc6c6c7c8ccccc8n8c9ccccc9c(cc65)c78)cc4)ccc32)cc1. The zero-order valence-electron chi connectivity index (χ0n) is 34.9. The van der Waals surface area contributed by atoms with Gasteiger partial charge in [0.05, 0.1) is 61.0 Å². The number of benzene rings is 10. The van der Waals surface area contributed by atoms with Crippen molar-refractivity contribution >= 4 is 104 Å². The van der Waals surface area contributed by atoms with Crippen molar-refractivity contribution in [2.75, 3.05) is 0 Å². The van der Waals surface area contributed by atoms with Crippen LogP contribution in [0.25, 0.3) is 137 Å². The molecule has 5 heterocycles. The molecule has 0 radical (unpaired) electrons. The Kier molecular flexibility index (Phi) is 6.89. The van der Waals surface area contributed by atoms with Crippen LogP contribution in [0.15, 0.2) is 212 Å². The Morgan fingerprint density at radius 2 is 0.831 bits per heavy atom. The van der Waals surface area contributed by atoms with Gasteiger partial charge >= 0.3 is 0 Å². The van der Waals surface area contributed by atoms with E-state index in [1.165, 1.54) is 87.0 Å². The molecular formula is C60H35N5. The van der Waals surface area contributed by atoms with Crippen LogP contribution in [0.2, 0.25) is 0 Å². The number of nitrogens with zero attached hydrogens (tertiary/aromatic N) is 5. The highest BCUT2D eigenvalue weighted by Gasteiger charge is 2.25. The molecule has 5 aromatic heterocycles. The molecule has 15 aromatic rings. The van der Waals surface area contributed by atoms with Gasteiger partial charge in [-0.05, 0) is 95.7 Å². The quantitative estimate of drug-likeness (QED) is 0.177. The minimum Gasteiger partial charge on any atom is -0.309 e. The van der Waals surface area contributed by atoms with Crippen LogP contribution in [0.4, 0.5) is 0 Å². The molecule has 0 saturated carbocycles. The molecule has 0 unspecified atom stereocenters. The molecule has 0 aliphatic rings. The van der Waals surface area contributed by atoms with Gasteiger partial charge in [0.1, 0.15) is 0 Å². The Labute approximate surface area is 371 Å². The predicted octanol–water partition coefficient (Wildman–Crippen LogP) is 15.5. The molecular weight excluding hydrogens is 791 g/mol. The topological polar surface area (TPSA) is 40.0 Å². The first kappa shape index (κ1) is 34.7. The Bertz CT molecular complexity index is 4460. The number of para-hydroxylation sites is 6. The molecule has 0 saturated heterocycles. The van der Waals surface area contributed by atoms with Gasteiger partial charge in [-0.1, -0.05) is 127 Å². The van der Waals surface area contributed by atoms with E-state index in [4.69, 9.17) is 9.97 Å². The number of rotatable bonds is 4. The van der Waals surface area contributed by atoms with Gasteiger partial charge in [-0.25, -0.2) is 9.97 Å². The van der Waals surface area contributed by atoms with Crippen LogP contribution >= 0.6 is 0 Å². The summed E-state index contributed by atoms with van der Waals surface area (Å²) in [4.78, 5) is 10.7. The van der Waals surface area contributed by atoms with E-state index >= 15 is 0 Å². The van der Waals surface area contributed by atoms with Crippen molar-refractivity contribution in [3.8, 4) is 33.9 Å². The van der Waals surface area contributed by atoms with E-state index in [9.17, 15) is 0 Å². The lowest BCUT2D eigenvalue weighted by Gasteiger charge is -2.13. The highest BCUT2D eigenvalue weighted by Crippen LogP contribution is 2.47. The summed E-state index contributed by atoms with van der Waals surface area (Å²) in [7, 11) is 0. The first-order chi connectivity index (χ1) is 32.2. The van der Waals surface area contributed by atoms with Gasteiger partial charge in [0, 0.05) is 65.6 Å². The molecule has 0 spiro atoms. The summed E-state index contributed by atoms with van der Waals surface area (Å²) in [5, 5.41) is 12.5. The molecule has 0 aliphatic carbocycles. The third kappa shape index (κ3) is 4.76. The van der Waals surface area contributed by atoms with Crippen LogP contribution in [-0.4, -0.2) is 23.5 Å².